The van der Waals surface area contributed by atoms with Crippen LogP contribution in [-0.4, -0.2) is 11.6 Å². The first-order chi connectivity index (χ1) is 5.54. The lowest BCUT2D eigenvalue weighted by Crippen LogP contribution is -2.08. The highest BCUT2D eigenvalue weighted by Gasteiger charge is 2.27. The second-order valence-electron chi connectivity index (χ2n) is 3.42. The molecule has 0 aromatic heterocycles. The van der Waals surface area contributed by atoms with Gasteiger partial charge in [-0.05, 0) is 39.2 Å². The third-order valence-electron chi connectivity index (χ3n) is 2.60. The maximum atomic E-state index is 11.1. The van der Waals surface area contributed by atoms with Gasteiger partial charge >= 0.3 is 0 Å². The van der Waals surface area contributed by atoms with E-state index in [4.69, 9.17) is 0 Å². The van der Waals surface area contributed by atoms with Crippen LogP contribution in [0.15, 0.2) is 11.1 Å². The van der Waals surface area contributed by atoms with Crippen molar-refractivity contribution in [2.24, 2.45) is 5.92 Å². The van der Waals surface area contributed by atoms with E-state index in [2.05, 4.69) is 0 Å². The summed E-state index contributed by atoms with van der Waals surface area (Å²) < 4.78 is 0. The predicted molar refractivity (Wildman–Crippen MR) is 46.8 cm³/mol. The maximum Gasteiger partial charge on any atom is 0.155 e. The van der Waals surface area contributed by atoms with E-state index in [1.807, 2.05) is 6.92 Å². The molecule has 0 saturated heterocycles. The second kappa shape index (κ2) is 3.21. The first-order valence-corrected chi connectivity index (χ1v) is 4.25. The Kier molecular flexibility index (Phi) is 2.46. The zero-order valence-electron chi connectivity index (χ0n) is 7.81. The van der Waals surface area contributed by atoms with Gasteiger partial charge in [0.25, 0.3) is 0 Å². The van der Waals surface area contributed by atoms with Gasteiger partial charge in [0, 0.05) is 5.92 Å². The topological polar surface area (TPSA) is 34.1 Å². The number of allylic oxidation sites excluding steroid dienone is 2. The van der Waals surface area contributed by atoms with Crippen LogP contribution in [-0.2, 0) is 9.59 Å². The Hall–Kier alpha value is -0.920. The largest absolute Gasteiger partial charge is 0.299 e. The van der Waals surface area contributed by atoms with Crippen molar-refractivity contribution in [3.63, 3.8) is 0 Å². The van der Waals surface area contributed by atoms with E-state index in [1.54, 1.807) is 13.8 Å². The van der Waals surface area contributed by atoms with Gasteiger partial charge in [0.1, 0.15) is 5.78 Å². The molecule has 0 saturated carbocycles. The van der Waals surface area contributed by atoms with Crippen molar-refractivity contribution in [3.8, 4) is 0 Å². The summed E-state index contributed by atoms with van der Waals surface area (Å²) >= 11 is 0. The predicted octanol–water partition coefficient (Wildman–Crippen LogP) is 1.89. The van der Waals surface area contributed by atoms with Gasteiger partial charge in [0.15, 0.2) is 5.78 Å². The molecule has 12 heavy (non-hydrogen) atoms. The normalized spacial score (nSPS) is 23.1. The molecule has 0 fully saturated rings. The molecule has 0 aromatic rings. The summed E-state index contributed by atoms with van der Waals surface area (Å²) in [6.07, 6.45) is 1.61. The molecule has 2 nitrogen and oxygen atoms in total. The van der Waals surface area contributed by atoms with Crippen LogP contribution in [0.5, 0.6) is 0 Å². The van der Waals surface area contributed by atoms with Gasteiger partial charge in [-0.1, -0.05) is 5.57 Å². The van der Waals surface area contributed by atoms with Gasteiger partial charge < -0.3 is 0 Å². The Morgan fingerprint density at radius 1 is 1.33 bits per heavy atom. The SMILES string of the molecule is CC(=O)C1=C(C)C(C(C)=O)CC1. The Morgan fingerprint density at radius 2 is 1.92 bits per heavy atom. The highest BCUT2D eigenvalue weighted by Crippen LogP contribution is 2.32. The lowest BCUT2D eigenvalue weighted by molar-refractivity contribution is -0.119. The Bertz CT molecular complexity index is 261. The zero-order chi connectivity index (χ0) is 9.30. The fourth-order valence-electron chi connectivity index (χ4n) is 1.87. The van der Waals surface area contributed by atoms with Gasteiger partial charge in [-0.3, -0.25) is 9.59 Å². The number of rotatable bonds is 2. The maximum absolute atomic E-state index is 11.1. The molecule has 2 heteroatoms. The van der Waals surface area contributed by atoms with Gasteiger partial charge in [-0.2, -0.15) is 0 Å². The summed E-state index contributed by atoms with van der Waals surface area (Å²) in [5.74, 6) is 0.323. The lowest BCUT2D eigenvalue weighted by Gasteiger charge is -2.05. The van der Waals surface area contributed by atoms with E-state index in [0.717, 1.165) is 24.0 Å². The van der Waals surface area contributed by atoms with Crippen molar-refractivity contribution in [2.45, 2.75) is 33.6 Å². The van der Waals surface area contributed by atoms with Crippen molar-refractivity contribution in [2.75, 3.05) is 0 Å². The minimum atomic E-state index is 0.0175. The van der Waals surface area contributed by atoms with Crippen molar-refractivity contribution in [3.05, 3.63) is 11.1 Å². The molecular weight excluding hydrogens is 152 g/mol. The standard InChI is InChI=1S/C10H14O2/c1-6-9(7(2)11)4-5-10(6)8(3)12/h9H,4-5H2,1-3H3. The van der Waals surface area contributed by atoms with Crippen molar-refractivity contribution in [1.29, 1.82) is 0 Å². The molecule has 0 bridgehead atoms. The van der Waals surface area contributed by atoms with Gasteiger partial charge in [0.05, 0.1) is 0 Å². The monoisotopic (exact) mass is 166 g/mol. The molecule has 1 aliphatic carbocycles. The smallest absolute Gasteiger partial charge is 0.155 e. The molecule has 0 radical (unpaired) electrons. The molecule has 0 heterocycles. The third-order valence-corrected chi connectivity index (χ3v) is 2.60. The van der Waals surface area contributed by atoms with Crippen LogP contribution in [0.25, 0.3) is 0 Å². The summed E-state index contributed by atoms with van der Waals surface area (Å²) in [4.78, 5) is 22.1. The van der Waals surface area contributed by atoms with Crippen molar-refractivity contribution in [1.82, 2.24) is 0 Å². The fraction of sp³-hybridized carbons (Fsp3) is 0.600. The first kappa shape index (κ1) is 9.17. The Morgan fingerprint density at radius 3 is 2.17 bits per heavy atom. The van der Waals surface area contributed by atoms with E-state index in [-0.39, 0.29) is 17.5 Å². The molecule has 0 aromatic carbocycles. The average Bonchev–Trinajstić information content (AvgIpc) is 2.30. The molecular formula is C10H14O2. The molecule has 0 amide bonds. The van der Waals surface area contributed by atoms with Crippen molar-refractivity contribution >= 4 is 11.6 Å². The number of ketones is 2. The fourth-order valence-corrected chi connectivity index (χ4v) is 1.87. The van der Waals surface area contributed by atoms with E-state index in [0.29, 0.717) is 0 Å². The Labute approximate surface area is 72.7 Å². The number of hydrogen-bond acceptors (Lipinski definition) is 2. The Balaban J connectivity index is 2.91. The number of hydrogen-bond donors (Lipinski definition) is 0. The second-order valence-corrected chi connectivity index (χ2v) is 3.42. The van der Waals surface area contributed by atoms with Crippen LogP contribution in [0.3, 0.4) is 0 Å². The van der Waals surface area contributed by atoms with Crippen LogP contribution in [0.2, 0.25) is 0 Å². The molecule has 1 atom stereocenters. The van der Waals surface area contributed by atoms with E-state index >= 15 is 0 Å². The molecule has 1 rings (SSSR count). The van der Waals surface area contributed by atoms with Crippen LogP contribution >= 0.6 is 0 Å². The minimum Gasteiger partial charge on any atom is -0.299 e. The van der Waals surface area contributed by atoms with Crippen LogP contribution in [0.4, 0.5) is 0 Å². The van der Waals surface area contributed by atoms with Gasteiger partial charge in [-0.25, -0.2) is 0 Å². The van der Waals surface area contributed by atoms with Crippen molar-refractivity contribution < 1.29 is 9.59 Å². The highest BCUT2D eigenvalue weighted by molar-refractivity contribution is 5.96. The van der Waals surface area contributed by atoms with E-state index < -0.39 is 0 Å². The van der Waals surface area contributed by atoms with Crippen LogP contribution < -0.4 is 0 Å². The first-order valence-electron chi connectivity index (χ1n) is 4.25. The minimum absolute atomic E-state index is 0.0175. The summed E-state index contributed by atoms with van der Waals surface area (Å²) in [5, 5.41) is 0. The summed E-state index contributed by atoms with van der Waals surface area (Å²) in [5.41, 5.74) is 1.87. The molecule has 1 aliphatic rings. The average molecular weight is 166 g/mol. The van der Waals surface area contributed by atoms with Gasteiger partial charge in [-0.15, -0.1) is 0 Å². The molecule has 1 unspecified atom stereocenters. The lowest BCUT2D eigenvalue weighted by atomic mass is 9.98. The molecule has 66 valence electrons. The van der Waals surface area contributed by atoms with Gasteiger partial charge in [0.2, 0.25) is 0 Å². The van der Waals surface area contributed by atoms with Crippen LogP contribution in [0.1, 0.15) is 33.6 Å². The molecule has 0 spiro atoms. The van der Waals surface area contributed by atoms with E-state index in [1.165, 1.54) is 0 Å². The summed E-state index contributed by atoms with van der Waals surface area (Å²) in [7, 11) is 0. The zero-order valence-corrected chi connectivity index (χ0v) is 7.81. The molecule has 0 N–H and O–H groups in total. The molecule has 0 aliphatic heterocycles. The number of Topliss-reactive ketones (excluding diaryl/α,β-unsaturated/α-hetero) is 2. The number of carbonyl (C=O) groups is 2. The number of carbonyl (C=O) groups excluding carboxylic acids is 2. The van der Waals surface area contributed by atoms with E-state index in [9.17, 15) is 9.59 Å². The summed E-state index contributed by atoms with van der Waals surface area (Å²) in [6, 6.07) is 0. The highest BCUT2D eigenvalue weighted by atomic mass is 16.1. The quantitative estimate of drug-likeness (QED) is 0.627. The van der Waals surface area contributed by atoms with Crippen LogP contribution in [0, 0.1) is 5.92 Å². The summed E-state index contributed by atoms with van der Waals surface area (Å²) in [6.45, 7) is 5.06. The third kappa shape index (κ3) is 1.47.